The topological polar surface area (TPSA) is 64.6 Å². The molecule has 1 aromatic rings. The lowest BCUT2D eigenvalue weighted by atomic mass is 10.2. The van der Waals surface area contributed by atoms with Crippen molar-refractivity contribution >= 4 is 11.9 Å². The number of amides is 1. The monoisotopic (exact) mass is 237 g/mol. The van der Waals surface area contributed by atoms with Crippen LogP contribution in [0.2, 0.25) is 0 Å². The zero-order chi connectivity index (χ0) is 12.5. The van der Waals surface area contributed by atoms with Gasteiger partial charge in [-0.1, -0.05) is 30.3 Å². The number of nitrogens with one attached hydrogen (secondary N) is 1. The minimum absolute atomic E-state index is 0.0526. The van der Waals surface area contributed by atoms with Crippen LogP contribution in [0.5, 0.6) is 0 Å². The average Bonchev–Trinajstić information content (AvgIpc) is 2.37. The second kappa shape index (κ2) is 7.40. The number of carbonyl (C=O) groups excluding carboxylic acids is 2. The van der Waals surface area contributed by atoms with Gasteiger partial charge in [0, 0.05) is 6.42 Å². The standard InChI is InChI=1S/C12H15NO4/c1-16-12(15)8-7-11(14)13-17-9-10-5-3-2-4-6-10/h2-6H,7-9H2,1H3,(H,13,14). The number of carbonyl (C=O) groups is 2. The van der Waals surface area contributed by atoms with Gasteiger partial charge in [0.15, 0.2) is 0 Å². The van der Waals surface area contributed by atoms with E-state index in [2.05, 4.69) is 10.2 Å². The van der Waals surface area contributed by atoms with Gasteiger partial charge in [0.1, 0.15) is 0 Å². The molecule has 0 saturated heterocycles. The van der Waals surface area contributed by atoms with Gasteiger partial charge in [-0.25, -0.2) is 5.48 Å². The van der Waals surface area contributed by atoms with Gasteiger partial charge in [-0.15, -0.1) is 0 Å². The summed E-state index contributed by atoms with van der Waals surface area (Å²) in [7, 11) is 1.28. The smallest absolute Gasteiger partial charge is 0.306 e. The van der Waals surface area contributed by atoms with Crippen molar-refractivity contribution in [1.29, 1.82) is 0 Å². The van der Waals surface area contributed by atoms with E-state index in [-0.39, 0.29) is 18.7 Å². The van der Waals surface area contributed by atoms with Crippen LogP contribution < -0.4 is 5.48 Å². The SMILES string of the molecule is COC(=O)CCC(=O)NOCc1ccccc1. The maximum atomic E-state index is 11.2. The number of methoxy groups -OCH3 is 1. The predicted octanol–water partition coefficient (Wildman–Crippen LogP) is 1.19. The molecule has 92 valence electrons. The Morgan fingerprint density at radius 3 is 2.53 bits per heavy atom. The largest absolute Gasteiger partial charge is 0.469 e. The van der Waals surface area contributed by atoms with Crippen molar-refractivity contribution in [3.8, 4) is 0 Å². The minimum Gasteiger partial charge on any atom is -0.469 e. The maximum absolute atomic E-state index is 11.2. The molecule has 0 aliphatic heterocycles. The first kappa shape index (κ1) is 13.2. The summed E-state index contributed by atoms with van der Waals surface area (Å²) in [6.07, 6.45) is 0.110. The third-order valence-electron chi connectivity index (χ3n) is 2.05. The van der Waals surface area contributed by atoms with E-state index in [0.717, 1.165) is 5.56 Å². The Kier molecular flexibility index (Phi) is 5.74. The van der Waals surface area contributed by atoms with E-state index in [1.165, 1.54) is 7.11 Å². The highest BCUT2D eigenvalue weighted by Gasteiger charge is 2.06. The molecule has 0 bridgehead atoms. The van der Waals surface area contributed by atoms with Crippen molar-refractivity contribution in [2.75, 3.05) is 7.11 Å². The van der Waals surface area contributed by atoms with Gasteiger partial charge < -0.3 is 4.74 Å². The normalized spacial score (nSPS) is 9.71. The molecule has 5 nitrogen and oxygen atoms in total. The molecular formula is C12H15NO4. The first-order chi connectivity index (χ1) is 8.22. The number of hydroxylamine groups is 1. The summed E-state index contributed by atoms with van der Waals surface area (Å²) in [5.74, 6) is -0.755. The summed E-state index contributed by atoms with van der Waals surface area (Å²) in [5, 5.41) is 0. The lowest BCUT2D eigenvalue weighted by molar-refractivity contribution is -0.144. The van der Waals surface area contributed by atoms with Crippen LogP contribution in [0, 0.1) is 0 Å². The van der Waals surface area contributed by atoms with Crippen molar-refractivity contribution in [3.05, 3.63) is 35.9 Å². The zero-order valence-corrected chi connectivity index (χ0v) is 9.64. The van der Waals surface area contributed by atoms with Crippen LogP contribution >= 0.6 is 0 Å². The zero-order valence-electron chi connectivity index (χ0n) is 9.64. The highest BCUT2D eigenvalue weighted by molar-refractivity contribution is 5.80. The van der Waals surface area contributed by atoms with E-state index in [0.29, 0.717) is 6.61 Å². The number of rotatable bonds is 6. The molecular weight excluding hydrogens is 222 g/mol. The van der Waals surface area contributed by atoms with E-state index >= 15 is 0 Å². The number of ether oxygens (including phenoxy) is 1. The average molecular weight is 237 g/mol. The lowest BCUT2D eigenvalue weighted by Crippen LogP contribution is -2.24. The van der Waals surface area contributed by atoms with E-state index in [1.807, 2.05) is 30.3 Å². The Morgan fingerprint density at radius 1 is 1.18 bits per heavy atom. The summed E-state index contributed by atoms with van der Waals surface area (Å²) in [4.78, 5) is 27.0. The van der Waals surface area contributed by atoms with Gasteiger partial charge in [0.2, 0.25) is 5.91 Å². The van der Waals surface area contributed by atoms with Gasteiger partial charge in [0.25, 0.3) is 0 Å². The number of hydrogen-bond donors (Lipinski definition) is 1. The molecule has 1 aromatic carbocycles. The summed E-state index contributed by atoms with van der Waals surface area (Å²) in [5.41, 5.74) is 3.22. The van der Waals surface area contributed by atoms with Gasteiger partial charge in [-0.05, 0) is 5.56 Å². The van der Waals surface area contributed by atoms with Crippen LogP contribution in [-0.4, -0.2) is 19.0 Å². The molecule has 0 aliphatic rings. The van der Waals surface area contributed by atoms with Crippen LogP contribution in [0.25, 0.3) is 0 Å². The molecule has 0 heterocycles. The third-order valence-corrected chi connectivity index (χ3v) is 2.05. The maximum Gasteiger partial charge on any atom is 0.306 e. The molecule has 0 fully saturated rings. The molecule has 0 radical (unpaired) electrons. The highest BCUT2D eigenvalue weighted by Crippen LogP contribution is 1.99. The van der Waals surface area contributed by atoms with Crippen molar-refractivity contribution in [2.45, 2.75) is 19.4 Å². The fraction of sp³-hybridized carbons (Fsp3) is 0.333. The van der Waals surface area contributed by atoms with E-state index in [1.54, 1.807) is 0 Å². The Balaban J connectivity index is 2.14. The summed E-state index contributed by atoms with van der Waals surface area (Å²) in [6, 6.07) is 9.45. The first-order valence-electron chi connectivity index (χ1n) is 5.23. The molecule has 0 aromatic heterocycles. The molecule has 1 rings (SSSR count). The first-order valence-corrected chi connectivity index (χ1v) is 5.23. The third kappa shape index (κ3) is 5.67. The molecule has 0 saturated carbocycles. The van der Waals surface area contributed by atoms with E-state index in [9.17, 15) is 9.59 Å². The molecule has 0 spiro atoms. The van der Waals surface area contributed by atoms with Crippen LogP contribution in [0.15, 0.2) is 30.3 Å². The molecule has 0 atom stereocenters. The molecule has 0 aliphatic carbocycles. The molecule has 5 heteroatoms. The second-order valence-corrected chi connectivity index (χ2v) is 3.38. The Morgan fingerprint density at radius 2 is 1.88 bits per heavy atom. The highest BCUT2D eigenvalue weighted by atomic mass is 16.6. The quantitative estimate of drug-likeness (QED) is 0.596. The number of esters is 1. The van der Waals surface area contributed by atoms with Crippen molar-refractivity contribution in [2.24, 2.45) is 0 Å². The summed E-state index contributed by atoms with van der Waals surface area (Å²) in [6.45, 7) is 0.296. The Bertz CT molecular complexity index is 364. The van der Waals surface area contributed by atoms with E-state index < -0.39 is 5.97 Å². The fourth-order valence-corrected chi connectivity index (χ4v) is 1.14. The number of benzene rings is 1. The summed E-state index contributed by atoms with van der Waals surface area (Å²) < 4.78 is 4.41. The van der Waals surface area contributed by atoms with Gasteiger partial charge in [-0.2, -0.15) is 0 Å². The fourth-order valence-electron chi connectivity index (χ4n) is 1.14. The van der Waals surface area contributed by atoms with Crippen LogP contribution in [-0.2, 0) is 25.8 Å². The van der Waals surface area contributed by atoms with Gasteiger partial charge in [0.05, 0.1) is 20.1 Å². The molecule has 1 N–H and O–H groups in total. The lowest BCUT2D eigenvalue weighted by Gasteiger charge is -2.05. The van der Waals surface area contributed by atoms with E-state index in [4.69, 9.17) is 4.84 Å². The molecule has 0 unspecified atom stereocenters. The second-order valence-electron chi connectivity index (χ2n) is 3.38. The molecule has 17 heavy (non-hydrogen) atoms. The van der Waals surface area contributed by atoms with Crippen molar-refractivity contribution in [3.63, 3.8) is 0 Å². The Hall–Kier alpha value is -1.88. The van der Waals surface area contributed by atoms with Crippen molar-refractivity contribution in [1.82, 2.24) is 5.48 Å². The van der Waals surface area contributed by atoms with Gasteiger partial charge in [-0.3, -0.25) is 14.4 Å². The van der Waals surface area contributed by atoms with Crippen LogP contribution in [0.1, 0.15) is 18.4 Å². The minimum atomic E-state index is -0.414. The van der Waals surface area contributed by atoms with Gasteiger partial charge >= 0.3 is 5.97 Å². The molecule has 1 amide bonds. The van der Waals surface area contributed by atoms with Crippen LogP contribution in [0.3, 0.4) is 0 Å². The van der Waals surface area contributed by atoms with Crippen LogP contribution in [0.4, 0.5) is 0 Å². The number of hydrogen-bond acceptors (Lipinski definition) is 4. The Labute approximate surface area is 99.7 Å². The predicted molar refractivity (Wildman–Crippen MR) is 60.6 cm³/mol. The van der Waals surface area contributed by atoms with Crippen molar-refractivity contribution < 1.29 is 19.2 Å². The summed E-state index contributed by atoms with van der Waals surface area (Å²) >= 11 is 0.